The van der Waals surface area contributed by atoms with Crippen molar-refractivity contribution in [3.63, 3.8) is 0 Å². The maximum Gasteiger partial charge on any atom is 0.150 e. The highest BCUT2D eigenvalue weighted by molar-refractivity contribution is 5.64. The number of aryl methyl sites for hydroxylation is 1. The standard InChI is InChI=1S/C17H20F2N2/c1-4-20-11-13-9-15(18)17(16(19)10-13)21(3)14-7-5-6-12(2)8-14/h5-10,20H,4,11H2,1-3H3. The molecule has 2 aromatic carbocycles. The van der Waals surface area contributed by atoms with Crippen LogP contribution in [0.3, 0.4) is 0 Å². The van der Waals surface area contributed by atoms with E-state index >= 15 is 0 Å². The first-order valence-electron chi connectivity index (χ1n) is 7.02. The SMILES string of the molecule is CCNCc1cc(F)c(N(C)c2cccc(C)c2)c(F)c1. The highest BCUT2D eigenvalue weighted by Gasteiger charge is 2.16. The summed E-state index contributed by atoms with van der Waals surface area (Å²) < 4.78 is 28.5. The molecule has 0 aliphatic rings. The molecule has 0 atom stereocenters. The van der Waals surface area contributed by atoms with E-state index in [0.717, 1.165) is 17.8 Å². The summed E-state index contributed by atoms with van der Waals surface area (Å²) in [5.41, 5.74) is 2.38. The molecule has 0 unspecified atom stereocenters. The molecular weight excluding hydrogens is 270 g/mol. The summed E-state index contributed by atoms with van der Waals surface area (Å²) in [7, 11) is 1.67. The molecule has 0 aromatic heterocycles. The Kier molecular flexibility index (Phi) is 4.91. The zero-order valence-electron chi connectivity index (χ0n) is 12.6. The van der Waals surface area contributed by atoms with Crippen LogP contribution in [0.1, 0.15) is 18.1 Å². The van der Waals surface area contributed by atoms with Gasteiger partial charge >= 0.3 is 0 Å². The van der Waals surface area contributed by atoms with Crippen LogP contribution in [0.4, 0.5) is 20.2 Å². The van der Waals surface area contributed by atoms with Crippen LogP contribution in [-0.4, -0.2) is 13.6 Å². The zero-order chi connectivity index (χ0) is 15.4. The Morgan fingerprint density at radius 1 is 1.10 bits per heavy atom. The van der Waals surface area contributed by atoms with Gasteiger partial charge in [0.15, 0.2) is 0 Å². The molecule has 0 aliphatic carbocycles. The fourth-order valence-electron chi connectivity index (χ4n) is 2.28. The van der Waals surface area contributed by atoms with Crippen molar-refractivity contribution in [1.82, 2.24) is 5.32 Å². The molecule has 2 aromatic rings. The van der Waals surface area contributed by atoms with Gasteiger partial charge in [0.1, 0.15) is 17.3 Å². The summed E-state index contributed by atoms with van der Waals surface area (Å²) in [6.07, 6.45) is 0. The lowest BCUT2D eigenvalue weighted by atomic mass is 10.1. The third kappa shape index (κ3) is 3.58. The highest BCUT2D eigenvalue weighted by atomic mass is 19.1. The average Bonchev–Trinajstić information content (AvgIpc) is 2.44. The van der Waals surface area contributed by atoms with Gasteiger partial charge in [0.2, 0.25) is 0 Å². The van der Waals surface area contributed by atoms with Crippen LogP contribution in [0.2, 0.25) is 0 Å². The summed E-state index contributed by atoms with van der Waals surface area (Å²) in [5.74, 6) is -1.10. The molecular formula is C17H20F2N2. The lowest BCUT2D eigenvalue weighted by Crippen LogP contribution is -2.16. The maximum absolute atomic E-state index is 14.3. The topological polar surface area (TPSA) is 15.3 Å². The van der Waals surface area contributed by atoms with Crippen LogP contribution in [0.5, 0.6) is 0 Å². The monoisotopic (exact) mass is 290 g/mol. The fourth-order valence-corrected chi connectivity index (χ4v) is 2.28. The molecule has 0 fully saturated rings. The Morgan fingerprint density at radius 2 is 1.76 bits per heavy atom. The van der Waals surface area contributed by atoms with Gasteiger partial charge in [0, 0.05) is 19.3 Å². The number of halogens is 2. The van der Waals surface area contributed by atoms with Crippen molar-refractivity contribution in [2.24, 2.45) is 0 Å². The lowest BCUT2D eigenvalue weighted by molar-refractivity contribution is 0.577. The van der Waals surface area contributed by atoms with E-state index in [4.69, 9.17) is 0 Å². The summed E-state index contributed by atoms with van der Waals surface area (Å²) in [5, 5.41) is 3.06. The second kappa shape index (κ2) is 6.68. The van der Waals surface area contributed by atoms with E-state index in [1.54, 1.807) is 7.05 Å². The summed E-state index contributed by atoms with van der Waals surface area (Å²) >= 11 is 0. The molecule has 0 aliphatic heterocycles. The van der Waals surface area contributed by atoms with Gasteiger partial charge in [-0.05, 0) is 48.9 Å². The lowest BCUT2D eigenvalue weighted by Gasteiger charge is -2.21. The van der Waals surface area contributed by atoms with Crippen molar-refractivity contribution >= 4 is 11.4 Å². The Balaban J connectivity index is 2.35. The minimum absolute atomic E-state index is 0.0270. The third-order valence-corrected chi connectivity index (χ3v) is 3.38. The average molecular weight is 290 g/mol. The van der Waals surface area contributed by atoms with Gasteiger partial charge < -0.3 is 10.2 Å². The minimum Gasteiger partial charge on any atom is -0.340 e. The van der Waals surface area contributed by atoms with Crippen LogP contribution in [0, 0.1) is 18.6 Å². The van der Waals surface area contributed by atoms with Gasteiger partial charge in [-0.15, -0.1) is 0 Å². The van der Waals surface area contributed by atoms with Crippen molar-refractivity contribution in [3.05, 3.63) is 59.2 Å². The van der Waals surface area contributed by atoms with E-state index < -0.39 is 11.6 Å². The summed E-state index contributed by atoms with van der Waals surface area (Å²) in [6.45, 7) is 5.11. The van der Waals surface area contributed by atoms with Gasteiger partial charge in [0.05, 0.1) is 0 Å². The maximum atomic E-state index is 14.3. The number of nitrogens with one attached hydrogen (secondary N) is 1. The van der Waals surface area contributed by atoms with Crippen LogP contribution in [-0.2, 0) is 6.54 Å². The first kappa shape index (κ1) is 15.4. The van der Waals surface area contributed by atoms with E-state index in [0.29, 0.717) is 12.1 Å². The number of nitrogens with zero attached hydrogens (tertiary/aromatic N) is 1. The molecule has 2 rings (SSSR count). The molecule has 0 radical (unpaired) electrons. The van der Waals surface area contributed by atoms with E-state index in [-0.39, 0.29) is 5.69 Å². The first-order valence-corrected chi connectivity index (χ1v) is 7.02. The van der Waals surface area contributed by atoms with E-state index in [2.05, 4.69) is 5.32 Å². The van der Waals surface area contributed by atoms with E-state index in [1.165, 1.54) is 17.0 Å². The Labute approximate surface area is 124 Å². The molecule has 0 saturated carbocycles. The van der Waals surface area contributed by atoms with E-state index in [1.807, 2.05) is 38.1 Å². The van der Waals surface area contributed by atoms with E-state index in [9.17, 15) is 8.78 Å². The normalized spacial score (nSPS) is 10.7. The molecule has 4 heteroatoms. The van der Waals surface area contributed by atoms with Crippen molar-refractivity contribution in [3.8, 4) is 0 Å². The highest BCUT2D eigenvalue weighted by Crippen LogP contribution is 2.30. The predicted molar refractivity (Wildman–Crippen MR) is 83.0 cm³/mol. The van der Waals surface area contributed by atoms with Crippen molar-refractivity contribution in [2.75, 3.05) is 18.5 Å². The molecule has 0 spiro atoms. The van der Waals surface area contributed by atoms with Gasteiger partial charge in [-0.1, -0.05) is 19.1 Å². The molecule has 0 bridgehead atoms. The first-order chi connectivity index (χ1) is 10.0. The van der Waals surface area contributed by atoms with Crippen LogP contribution in [0.25, 0.3) is 0 Å². The van der Waals surface area contributed by atoms with Gasteiger partial charge in [-0.3, -0.25) is 0 Å². The van der Waals surface area contributed by atoms with Crippen LogP contribution >= 0.6 is 0 Å². The molecule has 1 N–H and O–H groups in total. The quantitative estimate of drug-likeness (QED) is 0.890. The largest absolute Gasteiger partial charge is 0.340 e. The van der Waals surface area contributed by atoms with Crippen molar-refractivity contribution < 1.29 is 8.78 Å². The Bertz CT molecular complexity index is 603. The van der Waals surface area contributed by atoms with Gasteiger partial charge in [-0.25, -0.2) is 8.78 Å². The third-order valence-electron chi connectivity index (χ3n) is 3.38. The second-order valence-electron chi connectivity index (χ2n) is 5.09. The van der Waals surface area contributed by atoms with Crippen molar-refractivity contribution in [1.29, 1.82) is 0 Å². The number of rotatable bonds is 5. The number of hydrogen-bond acceptors (Lipinski definition) is 2. The van der Waals surface area contributed by atoms with Gasteiger partial charge in [-0.2, -0.15) is 0 Å². The number of benzene rings is 2. The molecule has 0 amide bonds. The number of hydrogen-bond donors (Lipinski definition) is 1. The second-order valence-corrected chi connectivity index (χ2v) is 5.09. The molecule has 0 heterocycles. The summed E-state index contributed by atoms with van der Waals surface area (Å²) in [6, 6.07) is 10.3. The Hall–Kier alpha value is -1.94. The van der Waals surface area contributed by atoms with Gasteiger partial charge in [0.25, 0.3) is 0 Å². The van der Waals surface area contributed by atoms with Crippen LogP contribution < -0.4 is 10.2 Å². The van der Waals surface area contributed by atoms with Crippen molar-refractivity contribution in [2.45, 2.75) is 20.4 Å². The minimum atomic E-state index is -0.549. The zero-order valence-corrected chi connectivity index (χ0v) is 12.6. The molecule has 2 nitrogen and oxygen atoms in total. The molecule has 21 heavy (non-hydrogen) atoms. The van der Waals surface area contributed by atoms with Crippen LogP contribution in [0.15, 0.2) is 36.4 Å². The summed E-state index contributed by atoms with van der Waals surface area (Å²) in [4.78, 5) is 1.54. The Morgan fingerprint density at radius 3 is 2.33 bits per heavy atom. The molecule has 0 saturated heterocycles. The number of anilines is 2. The fraction of sp³-hybridized carbons (Fsp3) is 0.294. The smallest absolute Gasteiger partial charge is 0.150 e. The predicted octanol–water partition coefficient (Wildman–Crippen LogP) is 4.15. The molecule has 112 valence electrons.